The van der Waals surface area contributed by atoms with E-state index in [9.17, 15) is 9.59 Å². The van der Waals surface area contributed by atoms with E-state index in [1.165, 1.54) is 11.1 Å². The van der Waals surface area contributed by atoms with Crippen LogP contribution in [-0.2, 0) is 27.3 Å². The van der Waals surface area contributed by atoms with Gasteiger partial charge >= 0.3 is 0 Å². The van der Waals surface area contributed by atoms with Crippen LogP contribution >= 0.6 is 0 Å². The van der Waals surface area contributed by atoms with Gasteiger partial charge in [0.2, 0.25) is 11.8 Å². The molecule has 6 heteroatoms. The molecule has 0 radical (unpaired) electrons. The number of nitrogens with one attached hydrogen (secondary N) is 2. The number of nitrogens with zero attached hydrogens (tertiary/aromatic N) is 1. The van der Waals surface area contributed by atoms with Gasteiger partial charge in [-0.1, -0.05) is 57.9 Å². The van der Waals surface area contributed by atoms with Crippen LogP contribution in [0.25, 0.3) is 0 Å². The molecule has 0 saturated carbocycles. The molecular weight excluding hydrogens is 426 g/mol. The number of piperidine rings is 1. The Bertz CT molecular complexity index is 772. The molecular formula is C28H45N3O3. The molecule has 2 aliphatic heterocycles. The zero-order chi connectivity index (χ0) is 24.4. The van der Waals surface area contributed by atoms with Crippen molar-refractivity contribution in [2.75, 3.05) is 32.8 Å². The summed E-state index contributed by atoms with van der Waals surface area (Å²) in [5.41, 5.74) is 2.29. The van der Waals surface area contributed by atoms with Crippen molar-refractivity contribution in [1.29, 1.82) is 0 Å². The van der Waals surface area contributed by atoms with Crippen molar-refractivity contribution >= 4 is 11.8 Å². The van der Waals surface area contributed by atoms with Gasteiger partial charge in [-0.2, -0.15) is 0 Å². The summed E-state index contributed by atoms with van der Waals surface area (Å²) in [6.45, 7) is 11.0. The lowest BCUT2D eigenvalue weighted by molar-refractivity contribution is -0.139. The Hall–Kier alpha value is -1.92. The fourth-order valence-electron chi connectivity index (χ4n) is 5.13. The molecule has 2 saturated heterocycles. The Balaban J connectivity index is 1.69. The number of ether oxygens (including phenoxy) is 1. The second-order valence-corrected chi connectivity index (χ2v) is 10.3. The number of rotatable bonds is 5. The van der Waals surface area contributed by atoms with E-state index in [4.69, 9.17) is 4.74 Å². The molecule has 2 atom stereocenters. The third-order valence-electron chi connectivity index (χ3n) is 7.87. The normalized spacial score (nSPS) is 24.1. The van der Waals surface area contributed by atoms with E-state index < -0.39 is 11.5 Å². The zero-order valence-electron chi connectivity index (χ0n) is 21.5. The molecule has 2 amide bonds. The van der Waals surface area contributed by atoms with Crippen LogP contribution in [0.4, 0.5) is 0 Å². The summed E-state index contributed by atoms with van der Waals surface area (Å²) in [5.74, 6) is 0.0945. The highest BCUT2D eigenvalue weighted by Crippen LogP contribution is 2.38. The Morgan fingerprint density at radius 3 is 2.35 bits per heavy atom. The highest BCUT2D eigenvalue weighted by molar-refractivity contribution is 5.90. The molecule has 2 N–H and O–H groups in total. The maximum Gasteiger partial charge on any atom is 0.242 e. The third-order valence-corrected chi connectivity index (χ3v) is 7.87. The van der Waals surface area contributed by atoms with E-state index in [2.05, 4.69) is 60.6 Å². The maximum atomic E-state index is 13.7. The first-order chi connectivity index (χ1) is 16.5. The standard InChI is InChI=1S/C28H45N3O3/c1-4-22(3)25-26(32)29-16-8-20-34-19-7-6-13-28(27(33)30-25)14-17-31(18-15-28)21-24-11-9-23(5-2)10-12-24/h9-12,22,25H,4-8,13-21H2,1-3H3,(H,29,32)(H,30,33)/t22-,25-/m0/s1. The maximum absolute atomic E-state index is 13.7. The average Bonchev–Trinajstić information content (AvgIpc) is 2.86. The number of carbonyl (C=O) groups excluding carboxylic acids is 2. The molecule has 0 unspecified atom stereocenters. The van der Waals surface area contributed by atoms with Crippen molar-refractivity contribution < 1.29 is 14.3 Å². The Morgan fingerprint density at radius 2 is 1.68 bits per heavy atom. The summed E-state index contributed by atoms with van der Waals surface area (Å²) in [5, 5.41) is 6.22. The fourth-order valence-corrected chi connectivity index (χ4v) is 5.13. The number of hydrogen-bond acceptors (Lipinski definition) is 4. The van der Waals surface area contributed by atoms with Gasteiger partial charge in [-0.15, -0.1) is 0 Å². The van der Waals surface area contributed by atoms with Gasteiger partial charge in [0.05, 0.1) is 5.41 Å². The van der Waals surface area contributed by atoms with Crippen LogP contribution in [0, 0.1) is 11.3 Å². The molecule has 34 heavy (non-hydrogen) atoms. The van der Waals surface area contributed by atoms with E-state index in [1.807, 2.05) is 0 Å². The summed E-state index contributed by atoms with van der Waals surface area (Å²) < 4.78 is 5.75. The molecule has 0 aromatic heterocycles. The van der Waals surface area contributed by atoms with E-state index in [0.717, 1.165) is 77.6 Å². The second-order valence-electron chi connectivity index (χ2n) is 10.3. The molecule has 1 aromatic carbocycles. The Labute approximate surface area is 206 Å². The number of benzene rings is 1. The van der Waals surface area contributed by atoms with Crippen molar-refractivity contribution in [3.05, 3.63) is 35.4 Å². The predicted octanol–water partition coefficient (Wildman–Crippen LogP) is 4.07. The molecule has 3 rings (SSSR count). The lowest BCUT2D eigenvalue weighted by Crippen LogP contribution is -2.56. The number of likely N-dealkylation sites (tertiary alicyclic amines) is 1. The van der Waals surface area contributed by atoms with Gasteiger partial charge in [-0.05, 0) is 68.7 Å². The van der Waals surface area contributed by atoms with E-state index in [-0.39, 0.29) is 17.7 Å². The topological polar surface area (TPSA) is 70.7 Å². The quantitative estimate of drug-likeness (QED) is 0.679. The molecule has 0 aliphatic carbocycles. The van der Waals surface area contributed by atoms with Crippen LogP contribution in [0.1, 0.15) is 76.8 Å². The van der Waals surface area contributed by atoms with Gasteiger partial charge in [0.25, 0.3) is 0 Å². The molecule has 2 heterocycles. The third kappa shape index (κ3) is 7.29. The van der Waals surface area contributed by atoms with Crippen LogP contribution < -0.4 is 10.6 Å². The molecule has 6 nitrogen and oxygen atoms in total. The number of carbonyl (C=O) groups is 2. The summed E-state index contributed by atoms with van der Waals surface area (Å²) in [4.78, 5) is 29.1. The lowest BCUT2D eigenvalue weighted by atomic mass is 9.73. The van der Waals surface area contributed by atoms with E-state index in [0.29, 0.717) is 13.2 Å². The van der Waals surface area contributed by atoms with E-state index >= 15 is 0 Å². The van der Waals surface area contributed by atoms with Crippen LogP contribution in [0.15, 0.2) is 24.3 Å². The summed E-state index contributed by atoms with van der Waals surface area (Å²) in [6, 6.07) is 8.41. The van der Waals surface area contributed by atoms with Crippen molar-refractivity contribution in [3.8, 4) is 0 Å². The van der Waals surface area contributed by atoms with Gasteiger partial charge in [0, 0.05) is 26.3 Å². The first-order valence-corrected chi connectivity index (χ1v) is 13.4. The minimum atomic E-state index is -0.478. The number of aryl methyl sites for hydroxylation is 1. The molecule has 1 aromatic rings. The van der Waals surface area contributed by atoms with Crippen LogP contribution in [0.3, 0.4) is 0 Å². The van der Waals surface area contributed by atoms with E-state index in [1.54, 1.807) is 0 Å². The smallest absolute Gasteiger partial charge is 0.242 e. The SMILES string of the molecule is CCc1ccc(CN2CCC3(CCCCOCCCNC(=O)[C@H]([C@@H](C)CC)NC3=O)CC2)cc1. The van der Waals surface area contributed by atoms with Crippen molar-refractivity contribution in [3.63, 3.8) is 0 Å². The minimum Gasteiger partial charge on any atom is -0.381 e. The zero-order valence-corrected chi connectivity index (χ0v) is 21.5. The fraction of sp³-hybridized carbons (Fsp3) is 0.714. The lowest BCUT2D eigenvalue weighted by Gasteiger charge is -2.42. The minimum absolute atomic E-state index is 0.0668. The second kappa shape index (κ2) is 13.2. The number of amides is 2. The highest BCUT2D eigenvalue weighted by Gasteiger charge is 2.42. The van der Waals surface area contributed by atoms with Gasteiger partial charge in [0.15, 0.2) is 0 Å². The van der Waals surface area contributed by atoms with Crippen LogP contribution in [-0.4, -0.2) is 55.6 Å². The molecule has 1 spiro atoms. The molecule has 2 fully saturated rings. The van der Waals surface area contributed by atoms with Gasteiger partial charge in [-0.25, -0.2) is 0 Å². The summed E-state index contributed by atoms with van der Waals surface area (Å²) in [7, 11) is 0. The Morgan fingerprint density at radius 1 is 1.00 bits per heavy atom. The molecule has 0 bridgehead atoms. The first-order valence-electron chi connectivity index (χ1n) is 13.4. The molecule has 2 aliphatic rings. The summed E-state index contributed by atoms with van der Waals surface area (Å²) in [6.07, 6.45) is 7.18. The molecule has 190 valence electrons. The van der Waals surface area contributed by atoms with Gasteiger partial charge in [0.1, 0.15) is 6.04 Å². The van der Waals surface area contributed by atoms with Crippen LogP contribution in [0.2, 0.25) is 0 Å². The average molecular weight is 472 g/mol. The Kier molecular flexibility index (Phi) is 10.4. The highest BCUT2D eigenvalue weighted by atomic mass is 16.5. The number of hydrogen-bond donors (Lipinski definition) is 2. The van der Waals surface area contributed by atoms with Crippen molar-refractivity contribution in [2.24, 2.45) is 11.3 Å². The summed E-state index contributed by atoms with van der Waals surface area (Å²) >= 11 is 0. The monoisotopic (exact) mass is 471 g/mol. The van der Waals surface area contributed by atoms with Gasteiger partial charge in [-0.3, -0.25) is 14.5 Å². The van der Waals surface area contributed by atoms with Crippen molar-refractivity contribution in [1.82, 2.24) is 15.5 Å². The van der Waals surface area contributed by atoms with Crippen molar-refractivity contribution in [2.45, 2.75) is 84.7 Å². The van der Waals surface area contributed by atoms with Crippen LogP contribution in [0.5, 0.6) is 0 Å². The predicted molar refractivity (Wildman–Crippen MR) is 136 cm³/mol. The van der Waals surface area contributed by atoms with Gasteiger partial charge < -0.3 is 15.4 Å². The first kappa shape index (κ1) is 26.7. The largest absolute Gasteiger partial charge is 0.381 e.